The third-order valence-corrected chi connectivity index (χ3v) is 4.00. The van der Waals surface area contributed by atoms with E-state index in [9.17, 15) is 4.79 Å². The van der Waals surface area contributed by atoms with Crippen molar-refractivity contribution in [3.8, 4) is 0 Å². The fourth-order valence-electron chi connectivity index (χ4n) is 2.70. The molecule has 0 bridgehead atoms. The Hall–Kier alpha value is -1.82. The van der Waals surface area contributed by atoms with Gasteiger partial charge in [0.05, 0.1) is 42.5 Å². The normalized spacial score (nSPS) is 19.9. The van der Waals surface area contributed by atoms with Gasteiger partial charge in [-0.15, -0.1) is 0 Å². The van der Waals surface area contributed by atoms with Crippen LogP contribution < -0.4 is 9.80 Å². The number of amides is 1. The maximum absolute atomic E-state index is 12.7. The molecule has 1 aromatic heterocycles. The molecule has 1 fully saturated rings. The second-order valence-corrected chi connectivity index (χ2v) is 5.30. The SMILES string of the molecule is CN1CCN(C)c2cncc(N3CCOCC3)c2C1=O. The molecule has 1 saturated heterocycles. The summed E-state index contributed by atoms with van der Waals surface area (Å²) in [6.45, 7) is 4.56. The van der Waals surface area contributed by atoms with Gasteiger partial charge >= 0.3 is 0 Å². The molecule has 0 radical (unpaired) electrons. The highest BCUT2D eigenvalue weighted by Crippen LogP contribution is 2.31. The number of likely N-dealkylation sites (N-methyl/N-ethyl adjacent to an activating group) is 2. The number of fused-ring (bicyclic) bond motifs is 1. The van der Waals surface area contributed by atoms with Crippen LogP contribution in [0, 0.1) is 0 Å². The maximum atomic E-state index is 12.7. The van der Waals surface area contributed by atoms with Gasteiger partial charge in [-0.1, -0.05) is 0 Å². The lowest BCUT2D eigenvalue weighted by atomic mass is 10.1. The number of ether oxygens (including phenoxy) is 1. The fraction of sp³-hybridized carbons (Fsp3) is 0.571. The molecule has 108 valence electrons. The highest BCUT2D eigenvalue weighted by molar-refractivity contribution is 6.05. The molecule has 3 heterocycles. The van der Waals surface area contributed by atoms with Gasteiger partial charge in [0.15, 0.2) is 0 Å². The van der Waals surface area contributed by atoms with E-state index in [0.717, 1.165) is 43.1 Å². The Morgan fingerprint density at radius 3 is 2.40 bits per heavy atom. The molecule has 2 aliphatic rings. The van der Waals surface area contributed by atoms with Gasteiger partial charge in [-0.2, -0.15) is 0 Å². The third kappa shape index (κ3) is 2.20. The topological polar surface area (TPSA) is 48.9 Å². The summed E-state index contributed by atoms with van der Waals surface area (Å²) in [7, 11) is 3.87. The Kier molecular flexibility index (Phi) is 3.48. The van der Waals surface area contributed by atoms with E-state index in [4.69, 9.17) is 4.74 Å². The van der Waals surface area contributed by atoms with Gasteiger partial charge in [0.25, 0.3) is 5.91 Å². The Balaban J connectivity index is 2.07. The average Bonchev–Trinajstić information content (AvgIpc) is 2.61. The number of anilines is 2. The van der Waals surface area contributed by atoms with Gasteiger partial charge in [-0.3, -0.25) is 9.78 Å². The molecule has 6 heteroatoms. The van der Waals surface area contributed by atoms with E-state index < -0.39 is 0 Å². The maximum Gasteiger partial charge on any atom is 0.257 e. The molecule has 2 aliphatic heterocycles. The summed E-state index contributed by atoms with van der Waals surface area (Å²) in [5.41, 5.74) is 2.61. The number of rotatable bonds is 1. The first-order chi connectivity index (χ1) is 9.68. The third-order valence-electron chi connectivity index (χ3n) is 4.00. The molecule has 0 unspecified atom stereocenters. The largest absolute Gasteiger partial charge is 0.378 e. The minimum atomic E-state index is 0.0771. The number of hydrogen-bond donors (Lipinski definition) is 0. The Morgan fingerprint density at radius 2 is 1.65 bits per heavy atom. The standard InChI is InChI=1S/C14H20N4O2/c1-16-3-4-17(2)14(19)13-11(16)9-15-10-12(13)18-5-7-20-8-6-18/h9-10H,3-8H2,1-2H3. The zero-order chi connectivity index (χ0) is 14.1. The number of hydrogen-bond acceptors (Lipinski definition) is 5. The van der Waals surface area contributed by atoms with Gasteiger partial charge in [-0.25, -0.2) is 0 Å². The van der Waals surface area contributed by atoms with Crippen LogP contribution in [0.2, 0.25) is 0 Å². The lowest BCUT2D eigenvalue weighted by Crippen LogP contribution is -2.38. The van der Waals surface area contributed by atoms with Crippen molar-refractivity contribution in [2.75, 3.05) is 63.3 Å². The summed E-state index contributed by atoms with van der Waals surface area (Å²) in [5, 5.41) is 0. The van der Waals surface area contributed by atoms with Crippen molar-refractivity contribution < 1.29 is 9.53 Å². The van der Waals surface area contributed by atoms with Crippen LogP contribution >= 0.6 is 0 Å². The molecule has 1 amide bonds. The smallest absolute Gasteiger partial charge is 0.257 e. The highest BCUT2D eigenvalue weighted by Gasteiger charge is 2.28. The summed E-state index contributed by atoms with van der Waals surface area (Å²) in [4.78, 5) is 23.1. The monoisotopic (exact) mass is 276 g/mol. The van der Waals surface area contributed by atoms with E-state index in [1.165, 1.54) is 0 Å². The first kappa shape index (κ1) is 13.2. The van der Waals surface area contributed by atoms with Crippen molar-refractivity contribution in [3.05, 3.63) is 18.0 Å². The van der Waals surface area contributed by atoms with Crippen LogP contribution in [-0.2, 0) is 4.74 Å². The minimum absolute atomic E-state index is 0.0771. The van der Waals surface area contributed by atoms with Crippen molar-refractivity contribution in [1.29, 1.82) is 0 Å². The predicted molar refractivity (Wildman–Crippen MR) is 77.5 cm³/mol. The van der Waals surface area contributed by atoms with Gasteiger partial charge in [0.2, 0.25) is 0 Å². The molecular weight excluding hydrogens is 256 g/mol. The van der Waals surface area contributed by atoms with Crippen LogP contribution in [0.4, 0.5) is 11.4 Å². The fourth-order valence-corrected chi connectivity index (χ4v) is 2.70. The zero-order valence-electron chi connectivity index (χ0n) is 12.0. The van der Waals surface area contributed by atoms with Gasteiger partial charge in [-0.05, 0) is 0 Å². The average molecular weight is 276 g/mol. The van der Waals surface area contributed by atoms with Crippen LogP contribution in [0.15, 0.2) is 12.4 Å². The van der Waals surface area contributed by atoms with Crippen molar-refractivity contribution >= 4 is 17.3 Å². The minimum Gasteiger partial charge on any atom is -0.378 e. The number of nitrogens with zero attached hydrogens (tertiary/aromatic N) is 4. The van der Waals surface area contributed by atoms with Crippen molar-refractivity contribution in [1.82, 2.24) is 9.88 Å². The highest BCUT2D eigenvalue weighted by atomic mass is 16.5. The Labute approximate surface area is 118 Å². The quantitative estimate of drug-likeness (QED) is 0.745. The van der Waals surface area contributed by atoms with Crippen LogP contribution in [0.3, 0.4) is 0 Å². The van der Waals surface area contributed by atoms with E-state index in [1.807, 2.05) is 14.1 Å². The Bertz CT molecular complexity index is 514. The second-order valence-electron chi connectivity index (χ2n) is 5.30. The molecule has 0 spiro atoms. The van der Waals surface area contributed by atoms with E-state index in [0.29, 0.717) is 13.2 Å². The molecule has 6 nitrogen and oxygen atoms in total. The number of morpholine rings is 1. The summed E-state index contributed by atoms with van der Waals surface area (Å²) in [6, 6.07) is 0. The van der Waals surface area contributed by atoms with Gasteiger partial charge < -0.3 is 19.4 Å². The number of aromatic nitrogens is 1. The molecular formula is C14H20N4O2. The Morgan fingerprint density at radius 1 is 1.00 bits per heavy atom. The van der Waals surface area contributed by atoms with Crippen LogP contribution in [0.1, 0.15) is 10.4 Å². The first-order valence-electron chi connectivity index (χ1n) is 6.96. The zero-order valence-corrected chi connectivity index (χ0v) is 12.0. The summed E-state index contributed by atoms with van der Waals surface area (Å²) >= 11 is 0. The van der Waals surface area contributed by atoms with Crippen LogP contribution in [0.5, 0.6) is 0 Å². The molecule has 0 aliphatic carbocycles. The molecule has 0 saturated carbocycles. The lowest BCUT2D eigenvalue weighted by molar-refractivity contribution is 0.0804. The number of carbonyl (C=O) groups is 1. The lowest BCUT2D eigenvalue weighted by Gasteiger charge is -2.31. The predicted octanol–water partition coefficient (Wildman–Crippen LogP) is 0.440. The van der Waals surface area contributed by atoms with E-state index in [1.54, 1.807) is 17.3 Å². The first-order valence-corrected chi connectivity index (χ1v) is 6.96. The number of carbonyl (C=O) groups excluding carboxylic acids is 1. The summed E-state index contributed by atoms with van der Waals surface area (Å²) in [5.74, 6) is 0.0771. The van der Waals surface area contributed by atoms with Crippen molar-refractivity contribution in [3.63, 3.8) is 0 Å². The van der Waals surface area contributed by atoms with Crippen LogP contribution in [0.25, 0.3) is 0 Å². The van der Waals surface area contributed by atoms with Crippen LogP contribution in [-0.4, -0.2) is 69.3 Å². The van der Waals surface area contributed by atoms with Crippen molar-refractivity contribution in [2.24, 2.45) is 0 Å². The second kappa shape index (κ2) is 5.28. The molecule has 3 rings (SSSR count). The molecule has 0 atom stereocenters. The molecule has 1 aromatic rings. The molecule has 20 heavy (non-hydrogen) atoms. The van der Waals surface area contributed by atoms with E-state index >= 15 is 0 Å². The van der Waals surface area contributed by atoms with Crippen molar-refractivity contribution in [2.45, 2.75) is 0 Å². The molecule has 0 N–H and O–H groups in total. The van der Waals surface area contributed by atoms with E-state index in [-0.39, 0.29) is 5.91 Å². The van der Waals surface area contributed by atoms with E-state index in [2.05, 4.69) is 14.8 Å². The molecule has 0 aromatic carbocycles. The van der Waals surface area contributed by atoms with Gasteiger partial charge in [0, 0.05) is 40.3 Å². The summed E-state index contributed by atoms with van der Waals surface area (Å²) in [6.07, 6.45) is 3.59. The van der Waals surface area contributed by atoms with Gasteiger partial charge in [0.1, 0.15) is 0 Å². The summed E-state index contributed by atoms with van der Waals surface area (Å²) < 4.78 is 5.39. The number of pyridine rings is 1.